The molecule has 0 saturated heterocycles. The summed E-state index contributed by atoms with van der Waals surface area (Å²) in [5.74, 6) is -1.20. The monoisotopic (exact) mass is 367 g/mol. The molecule has 0 heterocycles. The number of thiocarbonyl (C=S) groups is 1. The molecule has 8 nitrogen and oxygen atoms in total. The first-order chi connectivity index (χ1) is 12.0. The maximum atomic E-state index is 11.8. The smallest absolute Gasteiger partial charge is 0.306 e. The van der Waals surface area contributed by atoms with Crippen LogP contribution in [0.4, 0.5) is 5.69 Å². The minimum absolute atomic E-state index is 0.0362. The van der Waals surface area contributed by atoms with Gasteiger partial charge in [-0.2, -0.15) is 0 Å². The molecular formula is C16H21N3O5S. The van der Waals surface area contributed by atoms with Gasteiger partial charge in [-0.3, -0.25) is 14.4 Å². The van der Waals surface area contributed by atoms with Crippen molar-refractivity contribution in [2.75, 3.05) is 32.7 Å². The third kappa shape index (κ3) is 7.73. The zero-order valence-electron chi connectivity index (χ0n) is 14.1. The molecule has 1 aromatic carbocycles. The number of nitrogens with one attached hydrogen (secondary N) is 3. The summed E-state index contributed by atoms with van der Waals surface area (Å²) in [4.78, 5) is 35.0. The van der Waals surface area contributed by atoms with E-state index in [2.05, 4.69) is 16.0 Å². The number of anilines is 1. The Morgan fingerprint density at radius 3 is 2.52 bits per heavy atom. The summed E-state index contributed by atoms with van der Waals surface area (Å²) in [5.41, 5.74) is 0.856. The molecule has 0 fully saturated rings. The van der Waals surface area contributed by atoms with Gasteiger partial charge in [-0.05, 0) is 24.4 Å². The van der Waals surface area contributed by atoms with Crippen molar-refractivity contribution in [3.63, 3.8) is 0 Å². The zero-order valence-corrected chi connectivity index (χ0v) is 14.9. The number of hydrogen-bond acceptors (Lipinski definition) is 6. The van der Waals surface area contributed by atoms with E-state index in [1.807, 2.05) is 0 Å². The SMILES string of the molecule is CNC(=O)c1ccccc1NC(=S)NC(=O)CCC(=O)OCCOC. The molecule has 0 spiro atoms. The van der Waals surface area contributed by atoms with Crippen molar-refractivity contribution >= 4 is 40.8 Å². The summed E-state index contributed by atoms with van der Waals surface area (Å²) < 4.78 is 9.60. The Kier molecular flexibility index (Phi) is 9.12. The van der Waals surface area contributed by atoms with E-state index in [9.17, 15) is 14.4 Å². The number of benzene rings is 1. The lowest BCUT2D eigenvalue weighted by atomic mass is 10.1. The summed E-state index contributed by atoms with van der Waals surface area (Å²) in [6, 6.07) is 6.74. The molecule has 136 valence electrons. The van der Waals surface area contributed by atoms with Gasteiger partial charge in [0.05, 0.1) is 24.3 Å². The van der Waals surface area contributed by atoms with Gasteiger partial charge < -0.3 is 25.4 Å². The summed E-state index contributed by atoms with van der Waals surface area (Å²) >= 11 is 5.05. The standard InChI is InChI=1S/C16H21N3O5S/c1-17-15(22)11-5-3-4-6-12(11)18-16(25)19-13(20)7-8-14(21)24-10-9-23-2/h3-6H,7-10H2,1-2H3,(H,17,22)(H2,18,19,20,25). The molecule has 25 heavy (non-hydrogen) atoms. The fourth-order valence-corrected chi connectivity index (χ4v) is 2.02. The fourth-order valence-electron chi connectivity index (χ4n) is 1.79. The number of hydrogen-bond donors (Lipinski definition) is 3. The highest BCUT2D eigenvalue weighted by atomic mass is 32.1. The van der Waals surface area contributed by atoms with Crippen LogP contribution < -0.4 is 16.0 Å². The summed E-state index contributed by atoms with van der Waals surface area (Å²) in [5, 5.41) is 7.80. The third-order valence-electron chi connectivity index (χ3n) is 3.01. The van der Waals surface area contributed by atoms with Crippen molar-refractivity contribution in [2.24, 2.45) is 0 Å². The van der Waals surface area contributed by atoms with Gasteiger partial charge in [-0.15, -0.1) is 0 Å². The van der Waals surface area contributed by atoms with Gasteiger partial charge in [0.25, 0.3) is 5.91 Å². The minimum atomic E-state index is -0.490. The molecule has 0 radical (unpaired) electrons. The molecule has 1 rings (SSSR count). The van der Waals surface area contributed by atoms with Crippen LogP contribution in [-0.2, 0) is 19.1 Å². The van der Waals surface area contributed by atoms with Crippen molar-refractivity contribution in [1.29, 1.82) is 0 Å². The first-order valence-corrected chi connectivity index (χ1v) is 7.95. The van der Waals surface area contributed by atoms with Crippen molar-refractivity contribution in [1.82, 2.24) is 10.6 Å². The number of carbonyl (C=O) groups excluding carboxylic acids is 3. The lowest BCUT2D eigenvalue weighted by Gasteiger charge is -2.12. The van der Waals surface area contributed by atoms with Crippen molar-refractivity contribution in [3.05, 3.63) is 29.8 Å². The molecule has 0 aromatic heterocycles. The van der Waals surface area contributed by atoms with E-state index < -0.39 is 11.9 Å². The molecule has 2 amide bonds. The van der Waals surface area contributed by atoms with Crippen LogP contribution >= 0.6 is 12.2 Å². The van der Waals surface area contributed by atoms with Crippen LogP contribution in [0, 0.1) is 0 Å². The second-order valence-corrected chi connectivity index (χ2v) is 5.25. The second-order valence-electron chi connectivity index (χ2n) is 4.84. The zero-order chi connectivity index (χ0) is 18.7. The van der Waals surface area contributed by atoms with Crippen LogP contribution in [0.2, 0.25) is 0 Å². The number of esters is 1. The van der Waals surface area contributed by atoms with Crippen molar-refractivity contribution in [3.8, 4) is 0 Å². The Bertz CT molecular complexity index is 636. The molecule has 0 bridgehead atoms. The molecule has 0 saturated carbocycles. The summed E-state index contributed by atoms with van der Waals surface area (Å²) in [7, 11) is 3.02. The van der Waals surface area contributed by atoms with Crippen LogP contribution in [0.15, 0.2) is 24.3 Å². The van der Waals surface area contributed by atoms with E-state index in [1.165, 1.54) is 14.2 Å². The highest BCUT2D eigenvalue weighted by Gasteiger charge is 2.12. The topological polar surface area (TPSA) is 106 Å². The number of rotatable bonds is 8. The van der Waals surface area contributed by atoms with Gasteiger partial charge in [-0.25, -0.2) is 0 Å². The lowest BCUT2D eigenvalue weighted by molar-refractivity contribution is -0.146. The van der Waals surface area contributed by atoms with Crippen molar-refractivity contribution in [2.45, 2.75) is 12.8 Å². The highest BCUT2D eigenvalue weighted by Crippen LogP contribution is 2.14. The van der Waals surface area contributed by atoms with E-state index in [0.29, 0.717) is 17.9 Å². The van der Waals surface area contributed by atoms with Gasteiger partial charge >= 0.3 is 5.97 Å². The first-order valence-electron chi connectivity index (χ1n) is 7.54. The average molecular weight is 367 g/mol. The maximum Gasteiger partial charge on any atom is 0.306 e. The maximum absolute atomic E-state index is 11.8. The van der Waals surface area contributed by atoms with Gasteiger partial charge in [0, 0.05) is 20.6 Å². The average Bonchev–Trinajstić information content (AvgIpc) is 2.60. The van der Waals surface area contributed by atoms with E-state index in [4.69, 9.17) is 21.7 Å². The molecule has 0 aliphatic heterocycles. The molecule has 9 heteroatoms. The van der Waals surface area contributed by atoms with Crippen LogP contribution in [0.5, 0.6) is 0 Å². The highest BCUT2D eigenvalue weighted by molar-refractivity contribution is 7.80. The Morgan fingerprint density at radius 1 is 1.12 bits per heavy atom. The third-order valence-corrected chi connectivity index (χ3v) is 3.21. The van der Waals surface area contributed by atoms with Gasteiger partial charge in [0.15, 0.2) is 5.11 Å². The molecule has 0 unspecified atom stereocenters. The van der Waals surface area contributed by atoms with Crippen LogP contribution in [0.1, 0.15) is 23.2 Å². The number of carbonyl (C=O) groups is 3. The number of ether oxygens (including phenoxy) is 2. The molecule has 3 N–H and O–H groups in total. The summed E-state index contributed by atoms with van der Waals surface area (Å²) in [6.07, 6.45) is -0.127. The number of methoxy groups -OCH3 is 1. The Balaban J connectivity index is 2.45. The lowest BCUT2D eigenvalue weighted by Crippen LogP contribution is -2.35. The Morgan fingerprint density at radius 2 is 1.84 bits per heavy atom. The molecule has 0 aliphatic carbocycles. The van der Waals surface area contributed by atoms with Crippen LogP contribution in [-0.4, -0.2) is 50.3 Å². The Hall–Kier alpha value is -2.52. The van der Waals surface area contributed by atoms with Gasteiger partial charge in [-0.1, -0.05) is 12.1 Å². The predicted octanol–water partition coefficient (Wildman–Crippen LogP) is 0.829. The Labute approximate surface area is 151 Å². The van der Waals surface area contributed by atoms with Crippen molar-refractivity contribution < 1.29 is 23.9 Å². The predicted molar refractivity (Wildman–Crippen MR) is 96.3 cm³/mol. The van der Waals surface area contributed by atoms with E-state index in [0.717, 1.165) is 0 Å². The van der Waals surface area contributed by atoms with Crippen LogP contribution in [0.25, 0.3) is 0 Å². The molecular weight excluding hydrogens is 346 g/mol. The minimum Gasteiger partial charge on any atom is -0.463 e. The normalized spacial score (nSPS) is 9.84. The molecule has 0 atom stereocenters. The largest absolute Gasteiger partial charge is 0.463 e. The van der Waals surface area contributed by atoms with E-state index >= 15 is 0 Å². The van der Waals surface area contributed by atoms with Crippen LogP contribution in [0.3, 0.4) is 0 Å². The molecule has 0 aliphatic rings. The second kappa shape index (κ2) is 11.1. The quantitative estimate of drug-likeness (QED) is 0.355. The van der Waals surface area contributed by atoms with Gasteiger partial charge in [0.1, 0.15) is 6.61 Å². The fraction of sp³-hybridized carbons (Fsp3) is 0.375. The van der Waals surface area contributed by atoms with E-state index in [1.54, 1.807) is 24.3 Å². The number of para-hydroxylation sites is 1. The first kappa shape index (κ1) is 20.5. The summed E-state index contributed by atoms with van der Waals surface area (Å²) in [6.45, 7) is 0.448. The van der Waals surface area contributed by atoms with Gasteiger partial charge in [0.2, 0.25) is 5.91 Å². The number of amides is 2. The molecule has 1 aromatic rings. The van der Waals surface area contributed by atoms with E-state index in [-0.39, 0.29) is 30.5 Å².